The van der Waals surface area contributed by atoms with Crippen molar-refractivity contribution in [2.24, 2.45) is 5.18 Å². The molecule has 0 bridgehead atoms. The van der Waals surface area contributed by atoms with Crippen molar-refractivity contribution in [2.45, 2.75) is 18.9 Å². The van der Waals surface area contributed by atoms with E-state index in [0.29, 0.717) is 17.5 Å². The Labute approximate surface area is 129 Å². The molecule has 0 spiro atoms. The molecule has 1 aromatic carbocycles. The molecule has 0 amide bonds. The van der Waals surface area contributed by atoms with Crippen LogP contribution in [0.2, 0.25) is 0 Å². The predicted octanol–water partition coefficient (Wildman–Crippen LogP) is 4.45. The molecule has 6 heteroatoms. The molecule has 3 rings (SSSR count). The number of aromatic nitrogens is 1. The first-order valence-electron chi connectivity index (χ1n) is 6.29. The van der Waals surface area contributed by atoms with Crippen LogP contribution in [0.5, 0.6) is 11.5 Å². The van der Waals surface area contributed by atoms with Crippen LogP contribution in [0, 0.1) is 8.48 Å². The number of benzene rings is 1. The van der Waals surface area contributed by atoms with Crippen LogP contribution >= 0.6 is 22.6 Å². The molecule has 0 saturated heterocycles. The molecule has 0 unspecified atom stereocenters. The maximum absolute atomic E-state index is 11.0. The van der Waals surface area contributed by atoms with Gasteiger partial charge in [-0.25, -0.2) is 4.98 Å². The van der Waals surface area contributed by atoms with E-state index in [2.05, 4.69) is 38.1 Å². The fourth-order valence-electron chi connectivity index (χ4n) is 1.80. The van der Waals surface area contributed by atoms with Crippen molar-refractivity contribution >= 4 is 34.1 Å². The zero-order valence-corrected chi connectivity index (χ0v) is 12.7. The molecule has 2 aromatic rings. The molecule has 0 aliphatic heterocycles. The van der Waals surface area contributed by atoms with Crippen molar-refractivity contribution in [2.75, 3.05) is 5.32 Å². The van der Waals surface area contributed by atoms with Gasteiger partial charge in [0.15, 0.2) is 5.75 Å². The molecule has 1 N–H and O–H groups in total. The summed E-state index contributed by atoms with van der Waals surface area (Å²) in [6.07, 6.45) is 3.89. The molecular formula is C14H12IN3O2. The van der Waals surface area contributed by atoms with Gasteiger partial charge in [-0.2, -0.15) is 0 Å². The molecule has 0 atom stereocenters. The highest BCUT2D eigenvalue weighted by Gasteiger charge is 2.25. The van der Waals surface area contributed by atoms with Crippen molar-refractivity contribution in [3.63, 3.8) is 0 Å². The minimum absolute atomic E-state index is 0.0671. The SMILES string of the molecule is O=Nc1ncc(I)c(NC2CC2)c1Oc1ccccc1. The summed E-state index contributed by atoms with van der Waals surface area (Å²) in [7, 11) is 0. The number of nitrogens with one attached hydrogen (secondary N) is 1. The third-order valence-electron chi connectivity index (χ3n) is 2.94. The van der Waals surface area contributed by atoms with Gasteiger partial charge in [-0.3, -0.25) is 0 Å². The summed E-state index contributed by atoms with van der Waals surface area (Å²) in [4.78, 5) is 15.0. The van der Waals surface area contributed by atoms with Gasteiger partial charge in [0.1, 0.15) is 5.75 Å². The van der Waals surface area contributed by atoms with Crippen LogP contribution in [-0.2, 0) is 0 Å². The molecule has 1 aliphatic rings. The van der Waals surface area contributed by atoms with Crippen LogP contribution in [0.4, 0.5) is 11.5 Å². The molecule has 0 radical (unpaired) electrons. The lowest BCUT2D eigenvalue weighted by Crippen LogP contribution is -2.05. The van der Waals surface area contributed by atoms with Gasteiger partial charge in [-0.1, -0.05) is 18.2 Å². The third-order valence-corrected chi connectivity index (χ3v) is 3.76. The molecule has 1 saturated carbocycles. The van der Waals surface area contributed by atoms with Gasteiger partial charge in [0.25, 0.3) is 0 Å². The summed E-state index contributed by atoms with van der Waals surface area (Å²) >= 11 is 2.17. The predicted molar refractivity (Wildman–Crippen MR) is 85.6 cm³/mol. The number of nitroso groups, excluding NO2 is 1. The van der Waals surface area contributed by atoms with E-state index in [1.165, 1.54) is 0 Å². The summed E-state index contributed by atoms with van der Waals surface area (Å²) in [5.74, 6) is 1.11. The van der Waals surface area contributed by atoms with Crippen molar-refractivity contribution < 1.29 is 4.74 Å². The van der Waals surface area contributed by atoms with Crippen LogP contribution in [-0.4, -0.2) is 11.0 Å². The Morgan fingerprint density at radius 3 is 2.70 bits per heavy atom. The van der Waals surface area contributed by atoms with Crippen LogP contribution < -0.4 is 10.1 Å². The Morgan fingerprint density at radius 2 is 2.05 bits per heavy atom. The fraction of sp³-hybridized carbons (Fsp3) is 0.214. The van der Waals surface area contributed by atoms with E-state index in [4.69, 9.17) is 4.74 Å². The van der Waals surface area contributed by atoms with Gasteiger partial charge in [-0.15, -0.1) is 4.91 Å². The summed E-state index contributed by atoms with van der Waals surface area (Å²) in [6.45, 7) is 0. The van der Waals surface area contributed by atoms with Crippen LogP contribution in [0.15, 0.2) is 41.7 Å². The first-order valence-corrected chi connectivity index (χ1v) is 7.37. The Bertz CT molecular complexity index is 630. The topological polar surface area (TPSA) is 63.6 Å². The lowest BCUT2D eigenvalue weighted by Gasteiger charge is -2.14. The number of hydrogen-bond acceptors (Lipinski definition) is 5. The van der Waals surface area contributed by atoms with E-state index in [1.807, 2.05) is 30.3 Å². The quantitative estimate of drug-likeness (QED) is 0.614. The van der Waals surface area contributed by atoms with E-state index in [1.54, 1.807) is 6.20 Å². The molecule has 1 fully saturated rings. The molecule has 1 aromatic heterocycles. The Balaban J connectivity index is 2.00. The summed E-state index contributed by atoms with van der Waals surface area (Å²) < 4.78 is 6.73. The average Bonchev–Trinajstić information content (AvgIpc) is 3.28. The molecule has 20 heavy (non-hydrogen) atoms. The van der Waals surface area contributed by atoms with E-state index in [9.17, 15) is 4.91 Å². The van der Waals surface area contributed by atoms with E-state index < -0.39 is 0 Å². The van der Waals surface area contributed by atoms with Gasteiger partial charge in [0, 0.05) is 12.2 Å². The van der Waals surface area contributed by atoms with Crippen LogP contribution in [0.25, 0.3) is 0 Å². The first-order chi connectivity index (χ1) is 9.78. The largest absolute Gasteiger partial charge is 0.451 e. The highest BCUT2D eigenvalue weighted by atomic mass is 127. The number of halogens is 1. The molecule has 102 valence electrons. The number of hydrogen-bond donors (Lipinski definition) is 1. The zero-order valence-electron chi connectivity index (χ0n) is 10.5. The fourth-order valence-corrected chi connectivity index (χ4v) is 2.34. The Kier molecular flexibility index (Phi) is 3.81. The number of ether oxygens (including phenoxy) is 1. The summed E-state index contributed by atoms with van der Waals surface area (Å²) in [5.41, 5.74) is 0.793. The lowest BCUT2D eigenvalue weighted by molar-refractivity contribution is 0.483. The van der Waals surface area contributed by atoms with Crippen molar-refractivity contribution in [3.05, 3.63) is 45.0 Å². The van der Waals surface area contributed by atoms with E-state index >= 15 is 0 Å². The standard InChI is InChI=1S/C14H12IN3O2/c15-11-8-16-14(18-19)13(12(11)17-9-6-7-9)20-10-4-2-1-3-5-10/h1-5,8-9H,6-7H2,(H,16,17). The number of rotatable bonds is 5. The minimum atomic E-state index is 0.0671. The lowest BCUT2D eigenvalue weighted by atomic mass is 10.3. The van der Waals surface area contributed by atoms with Crippen molar-refractivity contribution in [1.82, 2.24) is 4.98 Å². The smallest absolute Gasteiger partial charge is 0.241 e. The average molecular weight is 381 g/mol. The molecule has 5 nitrogen and oxygen atoms in total. The first kappa shape index (κ1) is 13.3. The molecule has 1 aliphatic carbocycles. The molecule has 1 heterocycles. The van der Waals surface area contributed by atoms with Gasteiger partial charge >= 0.3 is 0 Å². The van der Waals surface area contributed by atoms with Gasteiger partial charge in [-0.05, 0) is 52.7 Å². The number of anilines is 1. The normalized spacial score (nSPS) is 13.8. The number of para-hydroxylation sites is 1. The van der Waals surface area contributed by atoms with E-state index in [-0.39, 0.29) is 5.82 Å². The highest BCUT2D eigenvalue weighted by Crippen LogP contribution is 2.41. The van der Waals surface area contributed by atoms with Crippen molar-refractivity contribution in [1.29, 1.82) is 0 Å². The van der Waals surface area contributed by atoms with Crippen molar-refractivity contribution in [3.8, 4) is 11.5 Å². The van der Waals surface area contributed by atoms with Gasteiger partial charge in [0.05, 0.1) is 9.26 Å². The second kappa shape index (κ2) is 5.74. The van der Waals surface area contributed by atoms with Gasteiger partial charge < -0.3 is 10.1 Å². The Hall–Kier alpha value is -1.70. The summed E-state index contributed by atoms with van der Waals surface area (Å²) in [5, 5.41) is 6.34. The monoisotopic (exact) mass is 381 g/mol. The highest BCUT2D eigenvalue weighted by molar-refractivity contribution is 14.1. The minimum Gasteiger partial charge on any atom is -0.451 e. The summed E-state index contributed by atoms with van der Waals surface area (Å²) in [6, 6.07) is 9.76. The van der Waals surface area contributed by atoms with Gasteiger partial charge in [0.2, 0.25) is 5.82 Å². The van der Waals surface area contributed by atoms with Crippen LogP contribution in [0.1, 0.15) is 12.8 Å². The third kappa shape index (κ3) is 2.90. The number of nitrogens with zero attached hydrogens (tertiary/aromatic N) is 2. The number of pyridine rings is 1. The maximum atomic E-state index is 11.0. The molecular weight excluding hydrogens is 369 g/mol. The second-order valence-electron chi connectivity index (χ2n) is 4.56. The second-order valence-corrected chi connectivity index (χ2v) is 5.72. The van der Waals surface area contributed by atoms with E-state index in [0.717, 1.165) is 22.1 Å². The van der Waals surface area contributed by atoms with Crippen LogP contribution in [0.3, 0.4) is 0 Å². The zero-order chi connectivity index (χ0) is 13.9. The maximum Gasteiger partial charge on any atom is 0.241 e. The Morgan fingerprint density at radius 1 is 1.30 bits per heavy atom.